The van der Waals surface area contributed by atoms with Crippen LogP contribution in [0.5, 0.6) is 5.75 Å². The Hall–Kier alpha value is -3.41. The Kier molecular flexibility index (Phi) is 4.93. The average molecular weight is 374 g/mol. The van der Waals surface area contributed by atoms with Crippen molar-refractivity contribution in [2.75, 3.05) is 24.8 Å². The molecular weight excluding hydrogens is 352 g/mol. The predicted molar refractivity (Wildman–Crippen MR) is 112 cm³/mol. The van der Waals surface area contributed by atoms with Gasteiger partial charge in [0.1, 0.15) is 17.4 Å². The van der Waals surface area contributed by atoms with Crippen molar-refractivity contribution in [2.24, 2.45) is 5.92 Å². The summed E-state index contributed by atoms with van der Waals surface area (Å²) in [5.74, 6) is 2.30. The topological polar surface area (TPSA) is 76.1 Å². The lowest BCUT2D eigenvalue weighted by molar-refractivity contribution is -0.117. The van der Waals surface area contributed by atoms with Crippen molar-refractivity contribution in [1.29, 1.82) is 0 Å². The number of methoxy groups -OCH3 is 1. The molecule has 3 aromatic rings. The largest absolute Gasteiger partial charge is 0.497 e. The first-order valence-corrected chi connectivity index (χ1v) is 9.27. The molecule has 0 radical (unpaired) electrons. The van der Waals surface area contributed by atoms with Crippen LogP contribution in [0.1, 0.15) is 24.0 Å². The Labute approximate surface area is 163 Å². The zero-order valence-electron chi connectivity index (χ0n) is 15.9. The van der Waals surface area contributed by atoms with Crippen molar-refractivity contribution in [1.82, 2.24) is 9.97 Å². The fraction of sp³-hybridized carbons (Fsp3) is 0.227. The molecule has 142 valence electrons. The summed E-state index contributed by atoms with van der Waals surface area (Å²) in [5.41, 5.74) is 1.97. The van der Waals surface area contributed by atoms with Gasteiger partial charge in [-0.25, -0.2) is 9.97 Å². The van der Waals surface area contributed by atoms with Crippen molar-refractivity contribution in [3.63, 3.8) is 0 Å². The van der Waals surface area contributed by atoms with E-state index in [0.717, 1.165) is 46.3 Å². The van der Waals surface area contributed by atoms with Crippen LogP contribution in [-0.2, 0) is 4.79 Å². The molecule has 1 saturated carbocycles. The second-order valence-corrected chi connectivity index (χ2v) is 6.80. The molecule has 2 aromatic heterocycles. The molecule has 1 aromatic carbocycles. The number of rotatable bonds is 6. The highest BCUT2D eigenvalue weighted by atomic mass is 16.5. The quantitative estimate of drug-likeness (QED) is 0.676. The highest BCUT2D eigenvalue weighted by Crippen LogP contribution is 2.31. The third-order valence-electron chi connectivity index (χ3n) is 4.79. The molecule has 2 heterocycles. The number of amides is 1. The van der Waals surface area contributed by atoms with Gasteiger partial charge < -0.3 is 15.4 Å². The van der Waals surface area contributed by atoms with Gasteiger partial charge in [0.15, 0.2) is 0 Å². The highest BCUT2D eigenvalue weighted by molar-refractivity contribution is 6.01. The van der Waals surface area contributed by atoms with E-state index in [1.54, 1.807) is 13.3 Å². The average Bonchev–Trinajstić information content (AvgIpc) is 3.57. The second kappa shape index (κ2) is 7.68. The van der Waals surface area contributed by atoms with Gasteiger partial charge >= 0.3 is 0 Å². The molecule has 0 bridgehead atoms. The Morgan fingerprint density at radius 1 is 1.14 bits per heavy atom. The van der Waals surface area contributed by atoms with Crippen LogP contribution in [0.15, 0.2) is 42.7 Å². The minimum atomic E-state index is 0.0446. The Morgan fingerprint density at radius 2 is 2.00 bits per heavy atom. The number of carbonyl (C=O) groups is 1. The van der Waals surface area contributed by atoms with Gasteiger partial charge in [0.05, 0.1) is 7.11 Å². The predicted octanol–water partition coefficient (Wildman–Crippen LogP) is 4.20. The number of fused-ring (bicyclic) bond motifs is 1. The minimum absolute atomic E-state index is 0.0446. The molecule has 6 heteroatoms. The van der Waals surface area contributed by atoms with Gasteiger partial charge in [-0.3, -0.25) is 4.79 Å². The van der Waals surface area contributed by atoms with Crippen LogP contribution in [0.3, 0.4) is 0 Å². The van der Waals surface area contributed by atoms with Gasteiger partial charge in [0.2, 0.25) is 5.91 Å². The number of ether oxygens (including phenoxy) is 1. The van der Waals surface area contributed by atoms with Crippen molar-refractivity contribution in [3.05, 3.63) is 53.9 Å². The van der Waals surface area contributed by atoms with Crippen molar-refractivity contribution >= 4 is 40.5 Å². The number of hydrogen-bond acceptors (Lipinski definition) is 5. The number of benzene rings is 1. The fourth-order valence-electron chi connectivity index (χ4n) is 3.06. The molecule has 1 aliphatic carbocycles. The van der Waals surface area contributed by atoms with Gasteiger partial charge in [-0.2, -0.15) is 0 Å². The smallest absolute Gasteiger partial charge is 0.228 e. The fourth-order valence-corrected chi connectivity index (χ4v) is 3.06. The molecule has 0 spiro atoms. The van der Waals surface area contributed by atoms with E-state index in [2.05, 4.69) is 20.6 Å². The monoisotopic (exact) mass is 374 g/mol. The molecule has 0 saturated heterocycles. The maximum Gasteiger partial charge on any atom is 0.228 e. The lowest BCUT2D eigenvalue weighted by Crippen LogP contribution is -2.14. The summed E-state index contributed by atoms with van der Waals surface area (Å²) in [6, 6.07) is 9.75. The van der Waals surface area contributed by atoms with E-state index in [9.17, 15) is 4.79 Å². The van der Waals surface area contributed by atoms with Gasteiger partial charge in [-0.05, 0) is 42.0 Å². The Balaban J connectivity index is 1.71. The maximum atomic E-state index is 12.1. The number of nitrogens with zero attached hydrogens (tertiary/aromatic N) is 2. The van der Waals surface area contributed by atoms with E-state index < -0.39 is 0 Å². The molecule has 1 fully saturated rings. The normalized spacial score (nSPS) is 13.6. The first-order chi connectivity index (χ1) is 13.7. The molecule has 4 rings (SSSR count). The van der Waals surface area contributed by atoms with Gasteiger partial charge in [0.25, 0.3) is 0 Å². The van der Waals surface area contributed by atoms with E-state index >= 15 is 0 Å². The van der Waals surface area contributed by atoms with Gasteiger partial charge in [0, 0.05) is 36.3 Å². The lowest BCUT2D eigenvalue weighted by Gasteiger charge is -2.10. The standard InChI is InChI=1S/C22H22N4O2/c1-23-21-19-13-24-20(26-22(27)15-8-9-15)11-18(19)16(12-25-21)7-6-14-4-3-5-17(10-14)28-2/h3-7,10-13,15H,8-9H2,1-2H3,(H,23,25)(H,24,26,27). The van der Waals surface area contributed by atoms with Crippen LogP contribution < -0.4 is 15.4 Å². The summed E-state index contributed by atoms with van der Waals surface area (Å²) in [4.78, 5) is 21.0. The molecule has 28 heavy (non-hydrogen) atoms. The second-order valence-electron chi connectivity index (χ2n) is 6.80. The Bertz CT molecular complexity index is 1060. The third kappa shape index (κ3) is 3.81. The molecule has 0 aliphatic heterocycles. The van der Waals surface area contributed by atoms with Crippen LogP contribution in [0.4, 0.5) is 11.6 Å². The van der Waals surface area contributed by atoms with E-state index in [0.29, 0.717) is 5.82 Å². The van der Waals surface area contributed by atoms with Crippen molar-refractivity contribution < 1.29 is 9.53 Å². The molecule has 6 nitrogen and oxygen atoms in total. The number of aromatic nitrogens is 2. The van der Waals surface area contributed by atoms with E-state index in [-0.39, 0.29) is 11.8 Å². The Morgan fingerprint density at radius 3 is 2.75 bits per heavy atom. The minimum Gasteiger partial charge on any atom is -0.497 e. The summed E-state index contributed by atoms with van der Waals surface area (Å²) in [6.45, 7) is 0. The lowest BCUT2D eigenvalue weighted by atomic mass is 10.1. The van der Waals surface area contributed by atoms with Crippen LogP contribution in [0.2, 0.25) is 0 Å². The molecule has 0 atom stereocenters. The summed E-state index contributed by atoms with van der Waals surface area (Å²) in [5, 5.41) is 7.89. The number of anilines is 2. The zero-order valence-corrected chi connectivity index (χ0v) is 15.9. The number of nitrogens with one attached hydrogen (secondary N) is 2. The molecule has 2 N–H and O–H groups in total. The van der Waals surface area contributed by atoms with E-state index in [4.69, 9.17) is 4.74 Å². The third-order valence-corrected chi connectivity index (χ3v) is 4.79. The molecule has 1 amide bonds. The number of pyridine rings is 2. The first kappa shape index (κ1) is 18.0. The summed E-state index contributed by atoms with van der Waals surface area (Å²) < 4.78 is 5.28. The van der Waals surface area contributed by atoms with E-state index in [1.165, 1.54) is 0 Å². The number of hydrogen-bond donors (Lipinski definition) is 2. The number of carbonyl (C=O) groups excluding carboxylic acids is 1. The van der Waals surface area contributed by atoms with E-state index in [1.807, 2.05) is 55.7 Å². The highest BCUT2D eigenvalue weighted by Gasteiger charge is 2.29. The molecule has 1 aliphatic rings. The SMILES string of the molecule is CNc1ncc(C=Cc2cccc(OC)c2)c2cc(NC(=O)C3CC3)ncc12. The molecule has 0 unspecified atom stereocenters. The maximum absolute atomic E-state index is 12.1. The summed E-state index contributed by atoms with van der Waals surface area (Å²) in [6.07, 6.45) is 9.51. The van der Waals surface area contributed by atoms with Crippen LogP contribution in [-0.4, -0.2) is 30.0 Å². The van der Waals surface area contributed by atoms with Crippen LogP contribution >= 0.6 is 0 Å². The van der Waals surface area contributed by atoms with Crippen molar-refractivity contribution in [2.45, 2.75) is 12.8 Å². The summed E-state index contributed by atoms with van der Waals surface area (Å²) in [7, 11) is 3.48. The zero-order chi connectivity index (χ0) is 19.5. The summed E-state index contributed by atoms with van der Waals surface area (Å²) >= 11 is 0. The van der Waals surface area contributed by atoms with Gasteiger partial charge in [-0.15, -0.1) is 0 Å². The van der Waals surface area contributed by atoms with Gasteiger partial charge in [-0.1, -0.05) is 24.3 Å². The first-order valence-electron chi connectivity index (χ1n) is 9.27. The molecular formula is C22H22N4O2. The van der Waals surface area contributed by atoms with Crippen LogP contribution in [0, 0.1) is 5.92 Å². The van der Waals surface area contributed by atoms with Crippen molar-refractivity contribution in [3.8, 4) is 5.75 Å². The van der Waals surface area contributed by atoms with Crippen LogP contribution in [0.25, 0.3) is 22.9 Å².